The highest BCUT2D eigenvalue weighted by molar-refractivity contribution is 7.90. The van der Waals surface area contributed by atoms with Gasteiger partial charge in [-0.05, 0) is 24.6 Å². The van der Waals surface area contributed by atoms with Crippen molar-refractivity contribution in [3.05, 3.63) is 42.0 Å². The third-order valence-electron chi connectivity index (χ3n) is 6.19. The van der Waals surface area contributed by atoms with E-state index in [-0.39, 0.29) is 22.9 Å². The molecule has 6 heterocycles. The Morgan fingerprint density at radius 2 is 2.00 bits per heavy atom. The average Bonchev–Trinajstić information content (AvgIpc) is 3.50. The molecule has 3 aliphatic rings. The molecule has 0 radical (unpaired) electrons. The molecule has 2 atom stereocenters. The second-order valence-corrected chi connectivity index (χ2v) is 11.4. The maximum atomic E-state index is 11.7. The number of sulfone groups is 1. The number of carboxylic acid groups (broad SMARTS) is 1. The summed E-state index contributed by atoms with van der Waals surface area (Å²) in [5, 5.41) is 12.0. The Labute approximate surface area is 203 Å². The summed E-state index contributed by atoms with van der Waals surface area (Å²) in [7, 11) is -3.37. The summed E-state index contributed by atoms with van der Waals surface area (Å²) >= 11 is 1.47. The average molecular weight is 514 g/mol. The van der Waals surface area contributed by atoms with Gasteiger partial charge in [0.25, 0.3) is 6.01 Å². The van der Waals surface area contributed by atoms with Crippen LogP contribution < -0.4 is 9.64 Å². The highest BCUT2D eigenvalue weighted by Gasteiger charge is 2.48. The number of anilines is 1. The van der Waals surface area contributed by atoms with Crippen LogP contribution >= 0.6 is 11.3 Å². The summed E-state index contributed by atoms with van der Waals surface area (Å²) in [6, 6.07) is 6.70. The van der Waals surface area contributed by atoms with Crippen LogP contribution in [0.3, 0.4) is 0 Å². The van der Waals surface area contributed by atoms with Gasteiger partial charge in [0.1, 0.15) is 5.01 Å². The fourth-order valence-electron chi connectivity index (χ4n) is 4.55. The maximum absolute atomic E-state index is 11.7. The molecule has 3 aliphatic heterocycles. The Morgan fingerprint density at radius 3 is 2.63 bits per heavy atom. The number of piperazine rings is 1. The van der Waals surface area contributed by atoms with Gasteiger partial charge in [-0.1, -0.05) is 0 Å². The Balaban J connectivity index is 1.37. The summed E-state index contributed by atoms with van der Waals surface area (Å²) in [4.78, 5) is 28.2. The third-order valence-corrected chi connectivity index (χ3v) is 8.10. The normalized spacial score (nSPS) is 19.6. The van der Waals surface area contributed by atoms with Crippen molar-refractivity contribution >= 4 is 44.4 Å². The zero-order valence-electron chi connectivity index (χ0n) is 18.4. The number of pyridine rings is 1. The lowest BCUT2D eigenvalue weighted by molar-refractivity contribution is 0.0101. The smallest absolute Gasteiger partial charge is 0.407 e. The van der Waals surface area contributed by atoms with Crippen molar-refractivity contribution < 1.29 is 27.5 Å². The predicted molar refractivity (Wildman–Crippen MR) is 127 cm³/mol. The molecule has 3 saturated heterocycles. The molecule has 180 valence electrons. The van der Waals surface area contributed by atoms with E-state index in [1.807, 2.05) is 16.3 Å². The molecule has 11 nitrogen and oxygen atoms in total. The first-order valence-corrected chi connectivity index (χ1v) is 13.5. The van der Waals surface area contributed by atoms with Gasteiger partial charge in [0.05, 0.1) is 22.5 Å². The van der Waals surface area contributed by atoms with Crippen LogP contribution in [-0.4, -0.2) is 70.9 Å². The minimum absolute atomic E-state index is 0.0898. The van der Waals surface area contributed by atoms with E-state index >= 15 is 0 Å². The van der Waals surface area contributed by atoms with Crippen molar-refractivity contribution in [2.24, 2.45) is 0 Å². The third kappa shape index (κ3) is 3.76. The van der Waals surface area contributed by atoms with E-state index in [9.17, 15) is 18.3 Å². The van der Waals surface area contributed by atoms with Crippen LogP contribution in [0.5, 0.6) is 11.6 Å². The van der Waals surface area contributed by atoms with Crippen LogP contribution in [0.1, 0.15) is 6.42 Å². The standard InChI is InChI=1S/C22H19N5O6S2/c1-35(30,31)14-2-5-17(24-9-14)32-16-4-3-15(20-23-6-7-34-20)19-18(16)25-21(33-19)26-10-12-8-13(11-26)27(12)22(28)29/h2-7,9,12-13H,8,10-11H2,1H3,(H,28,29). The van der Waals surface area contributed by atoms with E-state index in [0.29, 0.717) is 36.0 Å². The van der Waals surface area contributed by atoms with E-state index < -0.39 is 15.9 Å². The first-order chi connectivity index (χ1) is 16.8. The van der Waals surface area contributed by atoms with Gasteiger partial charge in [0.2, 0.25) is 5.88 Å². The summed E-state index contributed by atoms with van der Waals surface area (Å²) in [5.41, 5.74) is 1.72. The molecule has 3 aromatic heterocycles. The number of aromatic nitrogens is 3. The van der Waals surface area contributed by atoms with E-state index in [4.69, 9.17) is 14.1 Å². The highest BCUT2D eigenvalue weighted by atomic mass is 32.2. The van der Waals surface area contributed by atoms with Crippen LogP contribution in [0.4, 0.5) is 10.8 Å². The van der Waals surface area contributed by atoms with E-state index in [1.165, 1.54) is 34.6 Å². The molecule has 2 bridgehead atoms. The van der Waals surface area contributed by atoms with Gasteiger partial charge in [-0.25, -0.2) is 23.2 Å². The predicted octanol–water partition coefficient (Wildman–Crippen LogP) is 3.48. The maximum Gasteiger partial charge on any atom is 0.407 e. The molecule has 1 aromatic carbocycles. The Hall–Kier alpha value is -3.71. The minimum Gasteiger partial charge on any atom is -0.465 e. The van der Waals surface area contributed by atoms with Crippen LogP contribution in [-0.2, 0) is 9.84 Å². The molecule has 4 aromatic rings. The lowest BCUT2D eigenvalue weighted by atomic mass is 9.88. The van der Waals surface area contributed by atoms with Crippen molar-refractivity contribution in [2.75, 3.05) is 24.2 Å². The van der Waals surface area contributed by atoms with Crippen LogP contribution in [0.15, 0.2) is 51.4 Å². The molecule has 1 N–H and O–H groups in total. The molecule has 13 heteroatoms. The number of hydrogen-bond acceptors (Lipinski definition) is 10. The van der Waals surface area contributed by atoms with E-state index in [2.05, 4.69) is 9.97 Å². The van der Waals surface area contributed by atoms with E-state index in [1.54, 1.807) is 12.3 Å². The second-order valence-electron chi connectivity index (χ2n) is 8.47. The zero-order chi connectivity index (χ0) is 24.3. The number of piperidine rings is 1. The molecule has 0 aliphatic carbocycles. The molecule has 35 heavy (non-hydrogen) atoms. The van der Waals surface area contributed by atoms with Gasteiger partial charge in [0, 0.05) is 43.2 Å². The van der Waals surface area contributed by atoms with Crippen molar-refractivity contribution in [1.29, 1.82) is 0 Å². The fraction of sp³-hybridized carbons (Fsp3) is 0.273. The largest absolute Gasteiger partial charge is 0.465 e. The van der Waals surface area contributed by atoms with Crippen molar-refractivity contribution in [1.82, 2.24) is 19.9 Å². The van der Waals surface area contributed by atoms with Gasteiger partial charge in [-0.3, -0.25) is 4.90 Å². The lowest BCUT2D eigenvalue weighted by Crippen LogP contribution is -2.70. The number of oxazole rings is 1. The minimum atomic E-state index is -3.37. The number of benzene rings is 1. The number of amides is 1. The fourth-order valence-corrected chi connectivity index (χ4v) is 5.77. The van der Waals surface area contributed by atoms with Crippen molar-refractivity contribution in [3.63, 3.8) is 0 Å². The van der Waals surface area contributed by atoms with Gasteiger partial charge >= 0.3 is 6.09 Å². The molecule has 1 amide bonds. The number of hydrogen-bond donors (Lipinski definition) is 1. The quantitative estimate of drug-likeness (QED) is 0.422. The van der Waals surface area contributed by atoms with Gasteiger partial charge < -0.3 is 19.2 Å². The number of rotatable bonds is 5. The van der Waals surface area contributed by atoms with Crippen molar-refractivity contribution in [3.8, 4) is 22.2 Å². The number of nitrogens with zero attached hydrogens (tertiary/aromatic N) is 5. The van der Waals surface area contributed by atoms with Gasteiger partial charge in [0.15, 0.2) is 26.7 Å². The molecular formula is C22H19N5O6S2. The van der Waals surface area contributed by atoms with Crippen LogP contribution in [0, 0.1) is 0 Å². The molecule has 2 unspecified atom stereocenters. The number of ether oxygens (including phenoxy) is 1. The van der Waals surface area contributed by atoms with Gasteiger partial charge in [-0.2, -0.15) is 4.98 Å². The molecular weight excluding hydrogens is 494 g/mol. The number of carbonyl (C=O) groups is 1. The Kier molecular flexibility index (Phi) is 4.93. The monoisotopic (exact) mass is 513 g/mol. The first kappa shape index (κ1) is 21.8. The topological polar surface area (TPSA) is 139 Å². The SMILES string of the molecule is CS(=O)(=O)c1ccc(Oc2ccc(-c3nccs3)c3oc(N4CC5CC(C4)N5C(=O)O)nc23)nc1. The molecule has 0 spiro atoms. The molecule has 7 rings (SSSR count). The highest BCUT2D eigenvalue weighted by Crippen LogP contribution is 2.41. The summed E-state index contributed by atoms with van der Waals surface area (Å²) in [6.07, 6.45) is 3.99. The van der Waals surface area contributed by atoms with Gasteiger partial charge in [-0.15, -0.1) is 11.3 Å². The molecule has 0 saturated carbocycles. The summed E-state index contributed by atoms with van der Waals surface area (Å²) in [5.74, 6) is 0.603. The Bertz CT molecular complexity index is 1520. The molecule has 3 fully saturated rings. The van der Waals surface area contributed by atoms with Crippen LogP contribution in [0.2, 0.25) is 0 Å². The van der Waals surface area contributed by atoms with Crippen molar-refractivity contribution in [2.45, 2.75) is 23.4 Å². The number of fused-ring (bicyclic) bond motifs is 3. The summed E-state index contributed by atoms with van der Waals surface area (Å²) < 4.78 is 35.6. The van der Waals surface area contributed by atoms with Crippen LogP contribution in [0.25, 0.3) is 21.7 Å². The van der Waals surface area contributed by atoms with E-state index in [0.717, 1.165) is 23.2 Å². The zero-order valence-corrected chi connectivity index (χ0v) is 20.0. The second kappa shape index (κ2) is 7.92. The lowest BCUT2D eigenvalue weighted by Gasteiger charge is -2.54. The number of thiazole rings is 1. The summed E-state index contributed by atoms with van der Waals surface area (Å²) in [6.45, 7) is 0.986. The first-order valence-electron chi connectivity index (χ1n) is 10.7. The Morgan fingerprint density at radius 1 is 1.20 bits per heavy atom.